The maximum atomic E-state index is 11.4. The molecule has 0 bridgehead atoms. The largest absolute Gasteiger partial charge is 0.271 e. The topological polar surface area (TPSA) is 103 Å². The van der Waals surface area contributed by atoms with Crippen molar-refractivity contribution in [3.63, 3.8) is 0 Å². The highest BCUT2D eigenvalue weighted by Crippen LogP contribution is 2.19. The second-order valence-corrected chi connectivity index (χ2v) is 6.58. The number of hydrogen-bond donors (Lipinski definition) is 2. The zero-order chi connectivity index (χ0) is 14.8. The standard InChI is InChI=1S/C12H17N5O2S/c1-17-12(14-8-15-17)7-11(16-13)9-3-5-10(6-4-9)20(2,18)19/h3-6,8,11,16H,7,13H2,1-2H3. The first-order valence-electron chi connectivity index (χ1n) is 6.01. The zero-order valence-corrected chi connectivity index (χ0v) is 12.1. The Bertz CT molecular complexity index is 678. The van der Waals surface area contributed by atoms with Crippen LogP contribution in [-0.4, -0.2) is 29.4 Å². The number of sulfone groups is 1. The Morgan fingerprint density at radius 2 is 2.00 bits per heavy atom. The fourth-order valence-electron chi connectivity index (χ4n) is 1.91. The van der Waals surface area contributed by atoms with E-state index in [2.05, 4.69) is 15.5 Å². The molecule has 108 valence electrons. The summed E-state index contributed by atoms with van der Waals surface area (Å²) in [4.78, 5) is 4.43. The van der Waals surface area contributed by atoms with Crippen LogP contribution in [0, 0.1) is 0 Å². The summed E-state index contributed by atoms with van der Waals surface area (Å²) in [5.41, 5.74) is 3.60. The average Bonchev–Trinajstić information content (AvgIpc) is 2.80. The van der Waals surface area contributed by atoms with Crippen molar-refractivity contribution in [3.8, 4) is 0 Å². The Morgan fingerprint density at radius 3 is 2.45 bits per heavy atom. The molecule has 1 unspecified atom stereocenters. The molecular formula is C12H17N5O2S. The Morgan fingerprint density at radius 1 is 1.35 bits per heavy atom. The van der Waals surface area contributed by atoms with Gasteiger partial charge in [0, 0.05) is 19.7 Å². The smallest absolute Gasteiger partial charge is 0.175 e. The van der Waals surface area contributed by atoms with Gasteiger partial charge in [0.15, 0.2) is 9.84 Å². The van der Waals surface area contributed by atoms with Crippen LogP contribution < -0.4 is 11.3 Å². The SMILES string of the molecule is Cn1ncnc1CC(NN)c1ccc(S(C)(=O)=O)cc1. The van der Waals surface area contributed by atoms with Crippen LogP contribution in [0.1, 0.15) is 17.4 Å². The summed E-state index contributed by atoms with van der Waals surface area (Å²) in [7, 11) is -1.38. The molecular weight excluding hydrogens is 278 g/mol. The molecule has 0 aliphatic rings. The molecule has 0 radical (unpaired) electrons. The maximum Gasteiger partial charge on any atom is 0.175 e. The monoisotopic (exact) mass is 295 g/mol. The molecule has 1 heterocycles. The van der Waals surface area contributed by atoms with Crippen LogP contribution in [0.5, 0.6) is 0 Å². The van der Waals surface area contributed by atoms with Gasteiger partial charge >= 0.3 is 0 Å². The highest BCUT2D eigenvalue weighted by Gasteiger charge is 2.15. The Labute approximate surface area is 117 Å². The molecule has 0 amide bonds. The molecule has 7 nitrogen and oxygen atoms in total. The third kappa shape index (κ3) is 3.21. The summed E-state index contributed by atoms with van der Waals surface area (Å²) in [5.74, 6) is 6.36. The molecule has 0 aliphatic carbocycles. The highest BCUT2D eigenvalue weighted by atomic mass is 32.2. The Balaban J connectivity index is 2.22. The van der Waals surface area contributed by atoms with E-state index in [4.69, 9.17) is 5.84 Å². The first-order valence-corrected chi connectivity index (χ1v) is 7.90. The molecule has 1 aromatic heterocycles. The third-order valence-electron chi connectivity index (χ3n) is 3.10. The molecule has 2 aromatic rings. The molecule has 3 N–H and O–H groups in total. The van der Waals surface area contributed by atoms with E-state index in [1.54, 1.807) is 28.9 Å². The first-order chi connectivity index (χ1) is 9.41. The summed E-state index contributed by atoms with van der Waals surface area (Å²) in [6.45, 7) is 0. The number of hydrogen-bond acceptors (Lipinski definition) is 6. The molecule has 0 aliphatic heterocycles. The molecule has 2 rings (SSSR count). The van der Waals surface area contributed by atoms with E-state index in [1.165, 1.54) is 12.6 Å². The summed E-state index contributed by atoms with van der Waals surface area (Å²) in [5, 5.41) is 4.00. The number of hydrazine groups is 1. The van der Waals surface area contributed by atoms with E-state index in [0.29, 0.717) is 6.42 Å². The fourth-order valence-corrected chi connectivity index (χ4v) is 2.54. The number of aromatic nitrogens is 3. The van der Waals surface area contributed by atoms with Crippen LogP contribution in [0.4, 0.5) is 0 Å². The van der Waals surface area contributed by atoms with Crippen LogP contribution in [0.15, 0.2) is 35.5 Å². The van der Waals surface area contributed by atoms with Crippen molar-refractivity contribution in [2.24, 2.45) is 12.9 Å². The summed E-state index contributed by atoms with van der Waals surface area (Å²) in [6.07, 6.45) is 3.22. The van der Waals surface area contributed by atoms with Gasteiger partial charge in [-0.15, -0.1) is 0 Å². The van der Waals surface area contributed by atoms with Gasteiger partial charge < -0.3 is 0 Å². The lowest BCUT2D eigenvalue weighted by molar-refractivity contribution is 0.523. The fraction of sp³-hybridized carbons (Fsp3) is 0.333. The van der Waals surface area contributed by atoms with Gasteiger partial charge in [0.25, 0.3) is 0 Å². The van der Waals surface area contributed by atoms with Crippen LogP contribution in [0.25, 0.3) is 0 Å². The minimum atomic E-state index is -3.19. The molecule has 0 spiro atoms. The maximum absolute atomic E-state index is 11.4. The number of benzene rings is 1. The van der Waals surface area contributed by atoms with E-state index in [-0.39, 0.29) is 10.9 Å². The molecule has 0 saturated carbocycles. The van der Waals surface area contributed by atoms with Crippen LogP contribution in [-0.2, 0) is 23.3 Å². The van der Waals surface area contributed by atoms with Crippen molar-refractivity contribution in [1.29, 1.82) is 0 Å². The zero-order valence-electron chi connectivity index (χ0n) is 11.3. The van der Waals surface area contributed by atoms with Gasteiger partial charge in [0.2, 0.25) is 0 Å². The minimum absolute atomic E-state index is 0.161. The number of nitrogens with zero attached hydrogens (tertiary/aromatic N) is 3. The van der Waals surface area contributed by atoms with Gasteiger partial charge in [-0.3, -0.25) is 16.0 Å². The lowest BCUT2D eigenvalue weighted by Crippen LogP contribution is -2.30. The Hall–Kier alpha value is -1.77. The third-order valence-corrected chi connectivity index (χ3v) is 4.23. The van der Waals surface area contributed by atoms with Crippen LogP contribution >= 0.6 is 0 Å². The molecule has 20 heavy (non-hydrogen) atoms. The summed E-state index contributed by atoms with van der Waals surface area (Å²) < 4.78 is 24.5. The predicted octanol–water partition coefficient (Wildman–Crippen LogP) is -0.0343. The predicted molar refractivity (Wildman–Crippen MR) is 74.3 cm³/mol. The average molecular weight is 295 g/mol. The summed E-state index contributed by atoms with van der Waals surface area (Å²) in [6, 6.07) is 6.48. The lowest BCUT2D eigenvalue weighted by atomic mass is 10.0. The van der Waals surface area contributed by atoms with Crippen molar-refractivity contribution in [3.05, 3.63) is 42.0 Å². The van der Waals surface area contributed by atoms with Crippen molar-refractivity contribution in [2.75, 3.05) is 6.26 Å². The highest BCUT2D eigenvalue weighted by molar-refractivity contribution is 7.90. The van der Waals surface area contributed by atoms with Crippen LogP contribution in [0.3, 0.4) is 0 Å². The number of aryl methyl sites for hydroxylation is 1. The molecule has 0 saturated heterocycles. The van der Waals surface area contributed by atoms with E-state index >= 15 is 0 Å². The molecule has 1 atom stereocenters. The number of nitrogens with two attached hydrogens (primary N) is 1. The number of nitrogens with one attached hydrogen (secondary N) is 1. The van der Waals surface area contributed by atoms with Crippen molar-refractivity contribution in [2.45, 2.75) is 17.4 Å². The molecule has 1 aromatic carbocycles. The first kappa shape index (κ1) is 14.6. The van der Waals surface area contributed by atoms with E-state index < -0.39 is 9.84 Å². The van der Waals surface area contributed by atoms with Crippen molar-refractivity contribution < 1.29 is 8.42 Å². The van der Waals surface area contributed by atoms with Gasteiger partial charge in [0.05, 0.1) is 10.9 Å². The van der Waals surface area contributed by atoms with Gasteiger partial charge in [-0.25, -0.2) is 13.4 Å². The molecule has 0 fully saturated rings. The van der Waals surface area contributed by atoms with E-state index in [1.807, 2.05) is 7.05 Å². The van der Waals surface area contributed by atoms with Crippen molar-refractivity contribution in [1.82, 2.24) is 20.2 Å². The molecule has 8 heteroatoms. The van der Waals surface area contributed by atoms with Crippen molar-refractivity contribution >= 4 is 9.84 Å². The van der Waals surface area contributed by atoms with Crippen LogP contribution in [0.2, 0.25) is 0 Å². The normalized spacial score (nSPS) is 13.3. The van der Waals surface area contributed by atoms with E-state index in [9.17, 15) is 8.42 Å². The second-order valence-electron chi connectivity index (χ2n) is 4.56. The quantitative estimate of drug-likeness (QED) is 0.593. The number of rotatable bonds is 5. The van der Waals surface area contributed by atoms with Gasteiger partial charge in [-0.05, 0) is 17.7 Å². The van der Waals surface area contributed by atoms with Gasteiger partial charge in [-0.2, -0.15) is 5.10 Å². The Kier molecular flexibility index (Phi) is 4.17. The van der Waals surface area contributed by atoms with Gasteiger partial charge in [0.1, 0.15) is 12.2 Å². The lowest BCUT2D eigenvalue weighted by Gasteiger charge is -2.16. The second kappa shape index (κ2) is 5.70. The minimum Gasteiger partial charge on any atom is -0.271 e. The van der Waals surface area contributed by atoms with E-state index in [0.717, 1.165) is 11.4 Å². The summed E-state index contributed by atoms with van der Waals surface area (Å²) >= 11 is 0. The van der Waals surface area contributed by atoms with Gasteiger partial charge in [-0.1, -0.05) is 12.1 Å².